The molecule has 0 unspecified atom stereocenters. The number of nitrogens with zero attached hydrogens (tertiary/aromatic N) is 4. The van der Waals surface area contributed by atoms with Crippen molar-refractivity contribution in [3.63, 3.8) is 0 Å². The van der Waals surface area contributed by atoms with Crippen LogP contribution in [0.1, 0.15) is 0 Å². The van der Waals surface area contributed by atoms with Gasteiger partial charge in [-0.25, -0.2) is 9.89 Å². The van der Waals surface area contributed by atoms with Crippen molar-refractivity contribution in [2.75, 3.05) is 0 Å². The molecule has 0 saturated carbocycles. The van der Waals surface area contributed by atoms with Crippen LogP contribution in [-0.2, 0) is 0 Å². The second-order valence-electron chi connectivity index (χ2n) is 1.76. The van der Waals surface area contributed by atoms with Crippen LogP contribution < -0.4 is 5.69 Å². The maximum atomic E-state index is 10.8. The molecule has 0 aliphatic carbocycles. The van der Waals surface area contributed by atoms with E-state index in [1.807, 2.05) is 0 Å². The van der Waals surface area contributed by atoms with Gasteiger partial charge in [-0.05, 0) is 10.4 Å². The molecule has 7 nitrogen and oxygen atoms in total. The van der Waals surface area contributed by atoms with Gasteiger partial charge in [0, 0.05) is 0 Å². The molecule has 1 N–H and O–H groups in total. The van der Waals surface area contributed by atoms with Gasteiger partial charge in [0.15, 0.2) is 12.2 Å². The Bertz CT molecular complexity index is 385. The summed E-state index contributed by atoms with van der Waals surface area (Å²) in [5.74, 6) is 0.309. The summed E-state index contributed by atoms with van der Waals surface area (Å²) >= 11 is 0. The van der Waals surface area contributed by atoms with Gasteiger partial charge in [-0.2, -0.15) is 4.98 Å². The van der Waals surface area contributed by atoms with E-state index < -0.39 is 5.69 Å². The first-order valence-corrected chi connectivity index (χ1v) is 2.77. The standard InChI is InChI=1S/C4H3N5O2/c10-4-6-7-8-9(4)3-1-11-2-5-3/h1-2H,(H,6,8,10). The fourth-order valence-electron chi connectivity index (χ4n) is 0.658. The predicted octanol–water partition coefficient (Wildman–Crippen LogP) is -1.06. The maximum absolute atomic E-state index is 10.8. The van der Waals surface area contributed by atoms with Crippen molar-refractivity contribution in [2.24, 2.45) is 0 Å². The van der Waals surface area contributed by atoms with Gasteiger partial charge in [-0.1, -0.05) is 0 Å². The maximum Gasteiger partial charge on any atom is 0.367 e. The topological polar surface area (TPSA) is 89.6 Å². The zero-order valence-corrected chi connectivity index (χ0v) is 5.26. The molecule has 2 aromatic heterocycles. The SMILES string of the molecule is O=c1[nH]nnn1-c1cocn1. The molecule has 11 heavy (non-hydrogen) atoms. The van der Waals surface area contributed by atoms with E-state index in [1.165, 1.54) is 12.7 Å². The molecule has 2 aromatic rings. The van der Waals surface area contributed by atoms with Crippen LogP contribution in [0.15, 0.2) is 21.9 Å². The van der Waals surface area contributed by atoms with Crippen LogP contribution in [-0.4, -0.2) is 25.2 Å². The summed E-state index contributed by atoms with van der Waals surface area (Å²) in [6.45, 7) is 0. The van der Waals surface area contributed by atoms with Crippen molar-refractivity contribution in [2.45, 2.75) is 0 Å². The zero-order valence-electron chi connectivity index (χ0n) is 5.26. The van der Waals surface area contributed by atoms with Gasteiger partial charge < -0.3 is 4.42 Å². The molecule has 2 heterocycles. The van der Waals surface area contributed by atoms with Crippen LogP contribution in [0.4, 0.5) is 0 Å². The first kappa shape index (κ1) is 5.83. The number of hydrogen-bond donors (Lipinski definition) is 1. The number of oxazole rings is 1. The summed E-state index contributed by atoms with van der Waals surface area (Å²) in [5, 5.41) is 8.83. The van der Waals surface area contributed by atoms with Gasteiger partial charge in [0.25, 0.3) is 0 Å². The summed E-state index contributed by atoms with van der Waals surface area (Å²) in [6, 6.07) is 0. The van der Waals surface area contributed by atoms with Crippen molar-refractivity contribution in [3.05, 3.63) is 23.1 Å². The highest BCUT2D eigenvalue weighted by molar-refractivity contribution is 5.10. The van der Waals surface area contributed by atoms with Crippen LogP contribution >= 0.6 is 0 Å². The number of aromatic nitrogens is 5. The van der Waals surface area contributed by atoms with Gasteiger partial charge in [0.1, 0.15) is 6.26 Å². The minimum absolute atomic E-state index is 0.309. The first-order valence-electron chi connectivity index (χ1n) is 2.77. The Morgan fingerprint density at radius 1 is 1.64 bits per heavy atom. The van der Waals surface area contributed by atoms with Gasteiger partial charge in [-0.3, -0.25) is 0 Å². The van der Waals surface area contributed by atoms with Crippen LogP contribution in [0, 0.1) is 0 Å². The summed E-state index contributed by atoms with van der Waals surface area (Å²) in [7, 11) is 0. The number of tetrazole rings is 1. The lowest BCUT2D eigenvalue weighted by molar-refractivity contribution is 0.556. The zero-order chi connectivity index (χ0) is 7.68. The summed E-state index contributed by atoms with van der Waals surface area (Å²) in [6.07, 6.45) is 2.50. The minimum atomic E-state index is -0.445. The average molecular weight is 153 g/mol. The van der Waals surface area contributed by atoms with E-state index in [9.17, 15) is 4.79 Å². The molecule has 0 aliphatic rings. The molecule has 2 rings (SSSR count). The Balaban J connectivity index is 2.62. The summed E-state index contributed by atoms with van der Waals surface area (Å²) in [5.41, 5.74) is -0.445. The molecule has 56 valence electrons. The minimum Gasteiger partial charge on any atom is -0.449 e. The average Bonchev–Trinajstić information content (AvgIpc) is 2.55. The van der Waals surface area contributed by atoms with Gasteiger partial charge >= 0.3 is 5.69 Å². The highest BCUT2D eigenvalue weighted by Crippen LogP contribution is 1.94. The van der Waals surface area contributed by atoms with Gasteiger partial charge in [0.2, 0.25) is 0 Å². The van der Waals surface area contributed by atoms with E-state index in [1.54, 1.807) is 0 Å². The lowest BCUT2D eigenvalue weighted by Crippen LogP contribution is -2.15. The molecule has 0 aromatic carbocycles. The molecule has 0 spiro atoms. The van der Waals surface area contributed by atoms with Crippen LogP contribution in [0.25, 0.3) is 5.82 Å². The quantitative estimate of drug-likeness (QED) is 0.564. The van der Waals surface area contributed by atoms with E-state index in [0.717, 1.165) is 4.68 Å². The molecule has 0 atom stereocenters. The molecule has 0 bridgehead atoms. The van der Waals surface area contributed by atoms with E-state index in [-0.39, 0.29) is 0 Å². The third-order valence-corrected chi connectivity index (χ3v) is 1.11. The molecule has 0 saturated heterocycles. The Morgan fingerprint density at radius 2 is 2.55 bits per heavy atom. The normalized spacial score (nSPS) is 10.2. The largest absolute Gasteiger partial charge is 0.449 e. The number of hydrogen-bond acceptors (Lipinski definition) is 5. The molecular weight excluding hydrogens is 150 g/mol. The summed E-state index contributed by atoms with van der Waals surface area (Å²) < 4.78 is 5.63. The smallest absolute Gasteiger partial charge is 0.367 e. The van der Waals surface area contributed by atoms with Crippen molar-refractivity contribution in [1.82, 2.24) is 25.2 Å². The fourth-order valence-corrected chi connectivity index (χ4v) is 0.658. The van der Waals surface area contributed by atoms with Crippen LogP contribution in [0.2, 0.25) is 0 Å². The molecule has 0 aliphatic heterocycles. The number of nitrogens with one attached hydrogen (secondary N) is 1. The van der Waals surface area contributed by atoms with E-state index >= 15 is 0 Å². The van der Waals surface area contributed by atoms with Gasteiger partial charge in [0.05, 0.1) is 0 Å². The highest BCUT2D eigenvalue weighted by atomic mass is 16.3. The monoisotopic (exact) mass is 153 g/mol. The Morgan fingerprint density at radius 3 is 3.09 bits per heavy atom. The lowest BCUT2D eigenvalue weighted by Gasteiger charge is -1.84. The lowest BCUT2D eigenvalue weighted by atomic mass is 10.8. The molecular formula is C4H3N5O2. The van der Waals surface area contributed by atoms with Crippen molar-refractivity contribution < 1.29 is 4.42 Å². The third kappa shape index (κ3) is 0.820. The van der Waals surface area contributed by atoms with Crippen molar-refractivity contribution in [1.29, 1.82) is 0 Å². The van der Waals surface area contributed by atoms with Crippen LogP contribution in [0.5, 0.6) is 0 Å². The van der Waals surface area contributed by atoms with E-state index in [4.69, 9.17) is 0 Å². The number of aromatic amines is 1. The highest BCUT2D eigenvalue weighted by Gasteiger charge is 2.03. The Kier molecular flexibility index (Phi) is 1.08. The molecule has 7 heteroatoms. The predicted molar refractivity (Wildman–Crippen MR) is 32.0 cm³/mol. The number of H-pyrrole nitrogens is 1. The molecule has 0 radical (unpaired) electrons. The van der Waals surface area contributed by atoms with Crippen molar-refractivity contribution in [3.8, 4) is 5.82 Å². The fraction of sp³-hybridized carbons (Fsp3) is 0. The van der Waals surface area contributed by atoms with E-state index in [2.05, 4.69) is 24.9 Å². The third-order valence-electron chi connectivity index (χ3n) is 1.11. The number of rotatable bonds is 1. The van der Waals surface area contributed by atoms with Crippen molar-refractivity contribution >= 4 is 0 Å². The Labute approximate surface area is 59.6 Å². The Hall–Kier alpha value is -1.92. The molecule has 0 fully saturated rings. The molecule has 0 amide bonds. The van der Waals surface area contributed by atoms with E-state index in [0.29, 0.717) is 5.82 Å². The second-order valence-corrected chi connectivity index (χ2v) is 1.76. The first-order chi connectivity index (χ1) is 5.38. The summed E-state index contributed by atoms with van der Waals surface area (Å²) in [4.78, 5) is 14.5. The second kappa shape index (κ2) is 2.04. The van der Waals surface area contributed by atoms with Gasteiger partial charge in [-0.15, -0.1) is 4.68 Å². The van der Waals surface area contributed by atoms with Crippen LogP contribution in [0.3, 0.4) is 0 Å².